The van der Waals surface area contributed by atoms with E-state index in [-0.39, 0.29) is 0 Å². The quantitative estimate of drug-likeness (QED) is 0.663. The topological polar surface area (TPSA) is 20.3 Å². The van der Waals surface area contributed by atoms with E-state index in [1.54, 1.807) is 0 Å². The third-order valence-corrected chi connectivity index (χ3v) is 3.56. The van der Waals surface area contributed by atoms with E-state index in [1.165, 1.54) is 25.7 Å². The number of hydrogen-bond donors (Lipinski definition) is 0. The first-order chi connectivity index (χ1) is 6.83. The summed E-state index contributed by atoms with van der Waals surface area (Å²) >= 11 is 0. The molecule has 2 fully saturated rings. The molecule has 80 valence electrons. The van der Waals surface area contributed by atoms with Crippen LogP contribution in [0.2, 0.25) is 0 Å². The molecule has 1 aliphatic carbocycles. The van der Waals surface area contributed by atoms with Crippen LogP contribution in [-0.2, 0) is 4.79 Å². The molecular formula is C12H21NO. The Morgan fingerprint density at radius 1 is 1.21 bits per heavy atom. The second-order valence-corrected chi connectivity index (χ2v) is 4.72. The molecule has 0 bridgehead atoms. The Morgan fingerprint density at radius 3 is 2.64 bits per heavy atom. The standard InChI is InChI=1S/C12H21NO/c1-2-11-6-4-3-5-9-13(11)12(14)10-7-8-10/h10-11H,2-9H2,1H3. The largest absolute Gasteiger partial charge is 0.339 e. The van der Waals surface area contributed by atoms with Crippen LogP contribution >= 0.6 is 0 Å². The Morgan fingerprint density at radius 2 is 2.00 bits per heavy atom. The third-order valence-electron chi connectivity index (χ3n) is 3.56. The zero-order valence-electron chi connectivity index (χ0n) is 9.17. The SMILES string of the molecule is CCC1CCCCCN1C(=O)C1CC1. The molecule has 0 aromatic rings. The van der Waals surface area contributed by atoms with Gasteiger partial charge in [-0.05, 0) is 32.1 Å². The first-order valence-corrected chi connectivity index (χ1v) is 6.13. The molecule has 1 saturated carbocycles. The molecule has 1 amide bonds. The molecule has 0 radical (unpaired) electrons. The fourth-order valence-electron chi connectivity index (χ4n) is 2.46. The van der Waals surface area contributed by atoms with Crippen molar-refractivity contribution in [3.8, 4) is 0 Å². The second-order valence-electron chi connectivity index (χ2n) is 4.72. The fraction of sp³-hybridized carbons (Fsp3) is 0.917. The minimum atomic E-state index is 0.405. The number of carbonyl (C=O) groups is 1. The lowest BCUT2D eigenvalue weighted by Crippen LogP contribution is -2.40. The summed E-state index contributed by atoms with van der Waals surface area (Å²) in [5.74, 6) is 0.862. The molecule has 0 aromatic heterocycles. The van der Waals surface area contributed by atoms with Crippen LogP contribution in [0.15, 0.2) is 0 Å². The van der Waals surface area contributed by atoms with Gasteiger partial charge in [-0.15, -0.1) is 0 Å². The highest BCUT2D eigenvalue weighted by molar-refractivity contribution is 5.81. The molecule has 2 aliphatic rings. The summed E-state index contributed by atoms with van der Waals surface area (Å²) in [6.07, 6.45) is 8.50. The Labute approximate surface area is 86.7 Å². The van der Waals surface area contributed by atoms with Crippen LogP contribution in [0.5, 0.6) is 0 Å². The lowest BCUT2D eigenvalue weighted by Gasteiger charge is -2.29. The normalized spacial score (nSPS) is 28.6. The van der Waals surface area contributed by atoms with Gasteiger partial charge in [-0.3, -0.25) is 4.79 Å². The van der Waals surface area contributed by atoms with Crippen molar-refractivity contribution in [2.45, 2.75) is 57.9 Å². The predicted octanol–water partition coefficient (Wildman–Crippen LogP) is 2.58. The van der Waals surface area contributed by atoms with E-state index in [9.17, 15) is 4.79 Å². The Bertz CT molecular complexity index is 210. The minimum absolute atomic E-state index is 0.405. The Hall–Kier alpha value is -0.530. The van der Waals surface area contributed by atoms with Gasteiger partial charge in [-0.25, -0.2) is 0 Å². The van der Waals surface area contributed by atoms with Gasteiger partial charge in [0.05, 0.1) is 0 Å². The zero-order chi connectivity index (χ0) is 9.97. The maximum absolute atomic E-state index is 12.0. The van der Waals surface area contributed by atoms with E-state index >= 15 is 0 Å². The molecule has 0 N–H and O–H groups in total. The molecule has 1 unspecified atom stereocenters. The highest BCUT2D eigenvalue weighted by Crippen LogP contribution is 2.33. The maximum Gasteiger partial charge on any atom is 0.225 e. The van der Waals surface area contributed by atoms with Crippen molar-refractivity contribution < 1.29 is 4.79 Å². The average Bonchev–Trinajstić information content (AvgIpc) is 3.03. The molecule has 2 rings (SSSR count). The van der Waals surface area contributed by atoms with Crippen molar-refractivity contribution in [2.75, 3.05) is 6.54 Å². The van der Waals surface area contributed by atoms with Crippen molar-refractivity contribution in [1.82, 2.24) is 4.90 Å². The van der Waals surface area contributed by atoms with Gasteiger partial charge >= 0.3 is 0 Å². The van der Waals surface area contributed by atoms with Crippen molar-refractivity contribution >= 4 is 5.91 Å². The van der Waals surface area contributed by atoms with Crippen molar-refractivity contribution in [3.05, 3.63) is 0 Å². The van der Waals surface area contributed by atoms with Gasteiger partial charge in [0.1, 0.15) is 0 Å². The molecular weight excluding hydrogens is 174 g/mol. The smallest absolute Gasteiger partial charge is 0.225 e. The van der Waals surface area contributed by atoms with E-state index < -0.39 is 0 Å². The Kier molecular flexibility index (Phi) is 3.09. The lowest BCUT2D eigenvalue weighted by atomic mass is 10.1. The molecule has 1 saturated heterocycles. The lowest BCUT2D eigenvalue weighted by molar-refractivity contribution is -0.134. The zero-order valence-corrected chi connectivity index (χ0v) is 9.17. The number of rotatable bonds is 2. The second kappa shape index (κ2) is 4.33. The molecule has 2 heteroatoms. The van der Waals surface area contributed by atoms with Crippen LogP contribution in [-0.4, -0.2) is 23.4 Å². The third kappa shape index (κ3) is 2.10. The molecule has 1 aliphatic heterocycles. The fourth-order valence-corrected chi connectivity index (χ4v) is 2.46. The molecule has 0 spiro atoms. The van der Waals surface area contributed by atoms with Crippen LogP contribution in [0.3, 0.4) is 0 Å². The summed E-state index contributed by atoms with van der Waals surface area (Å²) in [7, 11) is 0. The van der Waals surface area contributed by atoms with Crippen LogP contribution in [0, 0.1) is 5.92 Å². The van der Waals surface area contributed by atoms with Crippen LogP contribution in [0.1, 0.15) is 51.9 Å². The molecule has 1 heterocycles. The first kappa shape index (κ1) is 10.0. The number of hydrogen-bond acceptors (Lipinski definition) is 1. The van der Waals surface area contributed by atoms with Crippen molar-refractivity contribution in [2.24, 2.45) is 5.92 Å². The summed E-state index contributed by atoms with van der Waals surface area (Å²) in [4.78, 5) is 14.2. The van der Waals surface area contributed by atoms with Crippen LogP contribution in [0.25, 0.3) is 0 Å². The predicted molar refractivity (Wildman–Crippen MR) is 57.0 cm³/mol. The van der Waals surface area contributed by atoms with Crippen molar-refractivity contribution in [3.63, 3.8) is 0 Å². The Balaban J connectivity index is 1.99. The molecule has 1 atom stereocenters. The van der Waals surface area contributed by atoms with Gasteiger partial charge in [-0.2, -0.15) is 0 Å². The van der Waals surface area contributed by atoms with Crippen LogP contribution < -0.4 is 0 Å². The number of likely N-dealkylation sites (tertiary alicyclic amines) is 1. The van der Waals surface area contributed by atoms with Gasteiger partial charge in [-0.1, -0.05) is 19.8 Å². The number of carbonyl (C=O) groups excluding carboxylic acids is 1. The summed E-state index contributed by atoms with van der Waals surface area (Å²) in [6.45, 7) is 3.23. The van der Waals surface area contributed by atoms with E-state index in [2.05, 4.69) is 11.8 Å². The molecule has 14 heavy (non-hydrogen) atoms. The van der Waals surface area contributed by atoms with Crippen LogP contribution in [0.4, 0.5) is 0 Å². The minimum Gasteiger partial charge on any atom is -0.339 e. The van der Waals surface area contributed by atoms with Gasteiger partial charge < -0.3 is 4.90 Å². The highest BCUT2D eigenvalue weighted by atomic mass is 16.2. The molecule has 2 nitrogen and oxygen atoms in total. The maximum atomic E-state index is 12.0. The molecule has 0 aromatic carbocycles. The summed E-state index contributed by atoms with van der Waals surface area (Å²) in [5, 5.41) is 0. The van der Waals surface area contributed by atoms with E-state index in [0.29, 0.717) is 17.9 Å². The van der Waals surface area contributed by atoms with E-state index in [0.717, 1.165) is 25.8 Å². The monoisotopic (exact) mass is 195 g/mol. The first-order valence-electron chi connectivity index (χ1n) is 6.13. The van der Waals surface area contributed by atoms with Gasteiger partial charge in [0.25, 0.3) is 0 Å². The van der Waals surface area contributed by atoms with E-state index in [4.69, 9.17) is 0 Å². The van der Waals surface area contributed by atoms with Gasteiger partial charge in [0.2, 0.25) is 5.91 Å². The highest BCUT2D eigenvalue weighted by Gasteiger charge is 2.35. The number of amides is 1. The van der Waals surface area contributed by atoms with E-state index in [1.807, 2.05) is 0 Å². The average molecular weight is 195 g/mol. The van der Waals surface area contributed by atoms with Crippen molar-refractivity contribution in [1.29, 1.82) is 0 Å². The summed E-state index contributed by atoms with van der Waals surface area (Å²) < 4.78 is 0. The summed E-state index contributed by atoms with van der Waals surface area (Å²) in [5.41, 5.74) is 0. The van der Waals surface area contributed by atoms with Gasteiger partial charge in [0, 0.05) is 18.5 Å². The number of nitrogens with zero attached hydrogens (tertiary/aromatic N) is 1. The van der Waals surface area contributed by atoms with Gasteiger partial charge in [0.15, 0.2) is 0 Å². The summed E-state index contributed by atoms with van der Waals surface area (Å²) in [6, 6.07) is 0.547.